The Morgan fingerprint density at radius 3 is 2.83 bits per heavy atom. The Balaban J connectivity index is 1.65. The van der Waals surface area contributed by atoms with Crippen LogP contribution in [0.3, 0.4) is 0 Å². The lowest BCUT2D eigenvalue weighted by molar-refractivity contribution is 0.708. The number of fused-ring (bicyclic) bond motifs is 1. The molecule has 2 aromatic heterocycles. The topological polar surface area (TPSA) is 54.8 Å². The fourth-order valence-corrected chi connectivity index (χ4v) is 3.10. The first-order valence-corrected chi connectivity index (χ1v) is 7.80. The summed E-state index contributed by atoms with van der Waals surface area (Å²) >= 11 is 6.28. The SMILES string of the molecule is Clc1cccc2c1CCN(c1nccc(-c3cnccn3)n1)C2. The molecule has 114 valence electrons. The molecule has 5 nitrogen and oxygen atoms in total. The molecule has 23 heavy (non-hydrogen) atoms. The average molecular weight is 324 g/mol. The Hall–Kier alpha value is -2.53. The van der Waals surface area contributed by atoms with Crippen molar-refractivity contribution in [2.75, 3.05) is 11.4 Å². The standard InChI is InChI=1S/C17H14ClN5/c18-14-3-1-2-12-11-23(9-5-13(12)14)17-21-6-4-15(22-17)16-10-19-7-8-20-16/h1-4,6-8,10H,5,9,11H2. The second-order valence-electron chi connectivity index (χ2n) is 5.38. The molecule has 0 atom stereocenters. The smallest absolute Gasteiger partial charge is 0.226 e. The van der Waals surface area contributed by atoms with Gasteiger partial charge in [0.05, 0.1) is 11.9 Å². The van der Waals surface area contributed by atoms with E-state index in [-0.39, 0.29) is 0 Å². The van der Waals surface area contributed by atoms with Crippen LogP contribution in [0.2, 0.25) is 5.02 Å². The molecule has 0 radical (unpaired) electrons. The average Bonchev–Trinajstić information content (AvgIpc) is 2.62. The van der Waals surface area contributed by atoms with Crippen molar-refractivity contribution < 1.29 is 0 Å². The van der Waals surface area contributed by atoms with Crippen LogP contribution >= 0.6 is 11.6 Å². The maximum Gasteiger partial charge on any atom is 0.226 e. The van der Waals surface area contributed by atoms with Gasteiger partial charge in [0.25, 0.3) is 0 Å². The summed E-state index contributed by atoms with van der Waals surface area (Å²) < 4.78 is 0. The summed E-state index contributed by atoms with van der Waals surface area (Å²) in [6.07, 6.45) is 7.68. The van der Waals surface area contributed by atoms with Gasteiger partial charge < -0.3 is 4.90 Å². The van der Waals surface area contributed by atoms with Crippen LogP contribution in [0.15, 0.2) is 49.1 Å². The number of benzene rings is 1. The van der Waals surface area contributed by atoms with Crippen molar-refractivity contribution in [3.05, 3.63) is 65.2 Å². The first-order valence-electron chi connectivity index (χ1n) is 7.42. The Kier molecular flexibility index (Phi) is 3.63. The second kappa shape index (κ2) is 5.93. The lowest BCUT2D eigenvalue weighted by atomic mass is 10.00. The van der Waals surface area contributed by atoms with Crippen molar-refractivity contribution in [2.24, 2.45) is 0 Å². The Bertz CT molecular complexity index is 837. The van der Waals surface area contributed by atoms with E-state index in [9.17, 15) is 0 Å². The quantitative estimate of drug-likeness (QED) is 0.725. The first-order chi connectivity index (χ1) is 11.3. The van der Waals surface area contributed by atoms with E-state index >= 15 is 0 Å². The van der Waals surface area contributed by atoms with Gasteiger partial charge in [-0.1, -0.05) is 23.7 Å². The number of anilines is 1. The summed E-state index contributed by atoms with van der Waals surface area (Å²) in [5.41, 5.74) is 3.99. The van der Waals surface area contributed by atoms with Gasteiger partial charge in [-0.3, -0.25) is 9.97 Å². The van der Waals surface area contributed by atoms with E-state index in [0.29, 0.717) is 5.95 Å². The van der Waals surface area contributed by atoms with E-state index in [1.54, 1.807) is 24.8 Å². The van der Waals surface area contributed by atoms with E-state index in [1.165, 1.54) is 11.1 Å². The van der Waals surface area contributed by atoms with E-state index in [1.807, 2.05) is 18.2 Å². The molecule has 4 rings (SSSR count). The summed E-state index contributed by atoms with van der Waals surface area (Å²) in [6.45, 7) is 1.61. The van der Waals surface area contributed by atoms with Gasteiger partial charge in [0.15, 0.2) is 0 Å². The van der Waals surface area contributed by atoms with Gasteiger partial charge in [-0.05, 0) is 29.7 Å². The van der Waals surface area contributed by atoms with Crippen LogP contribution in [0.25, 0.3) is 11.4 Å². The number of rotatable bonds is 2. The molecule has 1 aliphatic heterocycles. The summed E-state index contributed by atoms with van der Waals surface area (Å²) in [7, 11) is 0. The summed E-state index contributed by atoms with van der Waals surface area (Å²) in [4.78, 5) is 19.6. The minimum Gasteiger partial charge on any atom is -0.336 e. The zero-order chi connectivity index (χ0) is 15.6. The molecule has 0 spiro atoms. The molecule has 0 fully saturated rings. The second-order valence-corrected chi connectivity index (χ2v) is 5.79. The molecule has 0 saturated heterocycles. The molecule has 0 N–H and O–H groups in total. The number of hydrogen-bond donors (Lipinski definition) is 0. The van der Waals surface area contributed by atoms with Crippen LogP contribution in [0.1, 0.15) is 11.1 Å². The Morgan fingerprint density at radius 1 is 1.00 bits per heavy atom. The van der Waals surface area contributed by atoms with Gasteiger partial charge in [0.1, 0.15) is 5.69 Å². The molecule has 0 bridgehead atoms. The van der Waals surface area contributed by atoms with Gasteiger partial charge in [0.2, 0.25) is 5.95 Å². The molecule has 3 heterocycles. The van der Waals surface area contributed by atoms with Crippen LogP contribution in [-0.4, -0.2) is 26.5 Å². The highest BCUT2D eigenvalue weighted by Crippen LogP contribution is 2.28. The number of nitrogens with zero attached hydrogens (tertiary/aromatic N) is 5. The summed E-state index contributed by atoms with van der Waals surface area (Å²) in [6, 6.07) is 7.89. The molecule has 1 aliphatic rings. The molecular formula is C17H14ClN5. The van der Waals surface area contributed by atoms with Crippen molar-refractivity contribution in [2.45, 2.75) is 13.0 Å². The first kappa shape index (κ1) is 14.1. The summed E-state index contributed by atoms with van der Waals surface area (Å²) in [5, 5.41) is 0.844. The fourth-order valence-electron chi connectivity index (χ4n) is 2.81. The van der Waals surface area contributed by atoms with Crippen LogP contribution in [0.5, 0.6) is 0 Å². The van der Waals surface area contributed by atoms with Gasteiger partial charge in [0, 0.05) is 36.7 Å². The third kappa shape index (κ3) is 2.75. The van der Waals surface area contributed by atoms with Crippen molar-refractivity contribution in [1.82, 2.24) is 19.9 Å². The van der Waals surface area contributed by atoms with Crippen LogP contribution in [0, 0.1) is 0 Å². The van der Waals surface area contributed by atoms with Crippen LogP contribution in [-0.2, 0) is 13.0 Å². The number of aromatic nitrogens is 4. The lowest BCUT2D eigenvalue weighted by Crippen LogP contribution is -2.32. The molecule has 0 amide bonds. The molecular weight excluding hydrogens is 310 g/mol. The van der Waals surface area contributed by atoms with Crippen molar-refractivity contribution in [1.29, 1.82) is 0 Å². The van der Waals surface area contributed by atoms with Gasteiger partial charge in [-0.15, -0.1) is 0 Å². The van der Waals surface area contributed by atoms with Crippen molar-refractivity contribution >= 4 is 17.5 Å². The van der Waals surface area contributed by atoms with E-state index in [2.05, 4.69) is 30.9 Å². The minimum atomic E-state index is 0.707. The van der Waals surface area contributed by atoms with Crippen LogP contribution < -0.4 is 4.90 Å². The number of hydrogen-bond acceptors (Lipinski definition) is 5. The largest absolute Gasteiger partial charge is 0.336 e. The maximum atomic E-state index is 6.28. The Labute approximate surface area is 139 Å². The fraction of sp³-hybridized carbons (Fsp3) is 0.176. The van der Waals surface area contributed by atoms with Gasteiger partial charge in [-0.25, -0.2) is 9.97 Å². The monoisotopic (exact) mass is 323 g/mol. The van der Waals surface area contributed by atoms with E-state index in [4.69, 9.17) is 11.6 Å². The molecule has 0 aliphatic carbocycles. The Morgan fingerprint density at radius 2 is 1.96 bits per heavy atom. The third-order valence-electron chi connectivity index (χ3n) is 3.96. The molecule has 3 aromatic rings. The molecule has 0 unspecified atom stereocenters. The molecule has 0 saturated carbocycles. The third-order valence-corrected chi connectivity index (χ3v) is 4.31. The zero-order valence-corrected chi connectivity index (χ0v) is 13.1. The van der Waals surface area contributed by atoms with Crippen LogP contribution in [0.4, 0.5) is 5.95 Å². The summed E-state index contributed by atoms with van der Waals surface area (Å²) in [5.74, 6) is 0.707. The number of halogens is 1. The van der Waals surface area contributed by atoms with Crippen molar-refractivity contribution in [3.8, 4) is 11.4 Å². The normalized spacial score (nSPS) is 13.7. The van der Waals surface area contributed by atoms with E-state index in [0.717, 1.165) is 35.9 Å². The van der Waals surface area contributed by atoms with E-state index < -0.39 is 0 Å². The predicted molar refractivity (Wildman–Crippen MR) is 89.3 cm³/mol. The zero-order valence-electron chi connectivity index (χ0n) is 12.4. The highest BCUT2D eigenvalue weighted by Gasteiger charge is 2.20. The van der Waals surface area contributed by atoms with Gasteiger partial charge in [-0.2, -0.15) is 0 Å². The molecule has 1 aromatic carbocycles. The molecule has 6 heteroatoms. The van der Waals surface area contributed by atoms with Crippen molar-refractivity contribution in [3.63, 3.8) is 0 Å². The predicted octanol–water partition coefficient (Wildman–Crippen LogP) is 3.15. The van der Waals surface area contributed by atoms with Gasteiger partial charge >= 0.3 is 0 Å². The lowest BCUT2D eigenvalue weighted by Gasteiger charge is -2.29. The highest BCUT2D eigenvalue weighted by molar-refractivity contribution is 6.31. The highest BCUT2D eigenvalue weighted by atomic mass is 35.5. The maximum absolute atomic E-state index is 6.28. The minimum absolute atomic E-state index is 0.707.